The molecule has 0 aliphatic carbocycles. The van der Waals surface area contributed by atoms with Gasteiger partial charge >= 0.3 is 22.3 Å². The Morgan fingerprint density at radius 1 is 0.857 bits per heavy atom. The summed E-state index contributed by atoms with van der Waals surface area (Å²) < 4.78 is 31.6. The van der Waals surface area contributed by atoms with Crippen LogP contribution in [-0.4, -0.2) is 63.1 Å². The number of hydrogen-bond donors (Lipinski definition) is 6. The normalized spacial score (nSPS) is 8.48. The van der Waals surface area contributed by atoms with Crippen molar-refractivity contribution < 1.29 is 47.5 Å². The van der Waals surface area contributed by atoms with E-state index in [1.807, 2.05) is 0 Å². The van der Waals surface area contributed by atoms with E-state index in [1.165, 1.54) is 13.8 Å². The molecular formula is C10H20O10S. The van der Waals surface area contributed by atoms with Crippen molar-refractivity contribution in [3.8, 4) is 0 Å². The molecule has 0 heterocycles. The van der Waals surface area contributed by atoms with E-state index in [4.69, 9.17) is 37.9 Å². The minimum Gasteiger partial charge on any atom is -0.478 e. The molecule has 0 spiro atoms. The third-order valence-corrected chi connectivity index (χ3v) is 0.830. The summed E-state index contributed by atoms with van der Waals surface area (Å²) in [6.07, 6.45) is 0. The van der Waals surface area contributed by atoms with Crippen molar-refractivity contribution in [3.63, 3.8) is 0 Å². The maximum atomic E-state index is 9.60. The quantitative estimate of drug-likeness (QED) is 0.293. The predicted octanol–water partition coefficient (Wildman–Crippen LogP) is -0.388. The second-order valence-corrected chi connectivity index (χ2v) is 3.96. The standard InChI is InChI=1S/2C4H6O2.C2H6O2.H2O4S/c2*1-3(2)4(5)6;3-1-2-4;1-5(2,3)4/h2*1H2,2H3,(H,5,6);3-4H,1-2H2;(H2,1,2,3,4). The molecule has 0 amide bonds. The fraction of sp³-hybridized carbons (Fsp3) is 0.400. The summed E-state index contributed by atoms with van der Waals surface area (Å²) >= 11 is 0. The van der Waals surface area contributed by atoms with Gasteiger partial charge in [-0.25, -0.2) is 9.59 Å². The molecule has 0 aromatic carbocycles. The Balaban J connectivity index is -0.0000000929. The molecule has 0 saturated heterocycles. The van der Waals surface area contributed by atoms with Gasteiger partial charge in [0.15, 0.2) is 0 Å². The average Bonchev–Trinajstić information content (AvgIpc) is 2.27. The molecule has 126 valence electrons. The topological polar surface area (TPSA) is 190 Å². The van der Waals surface area contributed by atoms with E-state index in [2.05, 4.69) is 13.2 Å². The number of aliphatic hydroxyl groups is 2. The summed E-state index contributed by atoms with van der Waals surface area (Å²) in [5, 5.41) is 31.0. The first kappa shape index (κ1) is 27.5. The van der Waals surface area contributed by atoms with E-state index in [9.17, 15) is 9.59 Å². The third kappa shape index (κ3) is 92.0. The van der Waals surface area contributed by atoms with Crippen LogP contribution in [0.2, 0.25) is 0 Å². The van der Waals surface area contributed by atoms with Crippen molar-refractivity contribution >= 4 is 22.3 Å². The Hall–Kier alpha value is -1.79. The number of carboxylic acid groups (broad SMARTS) is 2. The Morgan fingerprint density at radius 3 is 0.952 bits per heavy atom. The lowest BCUT2D eigenvalue weighted by atomic mass is 10.4. The number of aliphatic carboxylic acids is 2. The van der Waals surface area contributed by atoms with Gasteiger partial charge in [0.2, 0.25) is 0 Å². The zero-order chi connectivity index (χ0) is 18.2. The smallest absolute Gasteiger partial charge is 0.394 e. The number of rotatable bonds is 3. The molecule has 0 atom stereocenters. The second kappa shape index (κ2) is 16.3. The van der Waals surface area contributed by atoms with Crippen molar-refractivity contribution in [1.82, 2.24) is 0 Å². The van der Waals surface area contributed by atoms with Crippen LogP contribution in [0, 0.1) is 0 Å². The molecule has 21 heavy (non-hydrogen) atoms. The van der Waals surface area contributed by atoms with Gasteiger partial charge in [-0.05, 0) is 13.8 Å². The van der Waals surface area contributed by atoms with Crippen LogP contribution in [0.25, 0.3) is 0 Å². The largest absolute Gasteiger partial charge is 0.478 e. The summed E-state index contributed by atoms with van der Waals surface area (Å²) in [6.45, 7) is 8.95. The summed E-state index contributed by atoms with van der Waals surface area (Å²) in [5.74, 6) is -1.87. The Bertz CT molecular complexity index is 365. The molecule has 6 N–H and O–H groups in total. The Labute approximate surface area is 122 Å². The number of carbonyl (C=O) groups is 2. The highest BCUT2D eigenvalue weighted by molar-refractivity contribution is 7.79. The van der Waals surface area contributed by atoms with Crippen LogP contribution >= 0.6 is 0 Å². The Morgan fingerprint density at radius 2 is 0.952 bits per heavy atom. The van der Waals surface area contributed by atoms with E-state index < -0.39 is 22.3 Å². The van der Waals surface area contributed by atoms with Crippen LogP contribution in [0.4, 0.5) is 0 Å². The van der Waals surface area contributed by atoms with Crippen LogP contribution in [0.1, 0.15) is 13.8 Å². The van der Waals surface area contributed by atoms with E-state index in [0.717, 1.165) is 0 Å². The zero-order valence-electron chi connectivity index (χ0n) is 11.6. The van der Waals surface area contributed by atoms with Crippen LogP contribution in [0.5, 0.6) is 0 Å². The summed E-state index contributed by atoms with van der Waals surface area (Å²) in [6, 6.07) is 0. The van der Waals surface area contributed by atoms with E-state index in [1.54, 1.807) is 0 Å². The summed E-state index contributed by atoms with van der Waals surface area (Å²) in [7, 11) is -4.67. The minimum absolute atomic E-state index is 0.125. The maximum absolute atomic E-state index is 9.60. The van der Waals surface area contributed by atoms with Crippen LogP contribution < -0.4 is 0 Å². The summed E-state index contributed by atoms with van der Waals surface area (Å²) in [5.41, 5.74) is 0.352. The van der Waals surface area contributed by atoms with Gasteiger partial charge in [0, 0.05) is 11.1 Å². The van der Waals surface area contributed by atoms with Crippen molar-refractivity contribution in [1.29, 1.82) is 0 Å². The van der Waals surface area contributed by atoms with Gasteiger partial charge in [0.05, 0.1) is 13.2 Å². The average molecular weight is 332 g/mol. The molecule has 0 rings (SSSR count). The molecule has 0 radical (unpaired) electrons. The number of carboxylic acids is 2. The molecule has 0 bridgehead atoms. The monoisotopic (exact) mass is 332 g/mol. The fourth-order valence-electron chi connectivity index (χ4n) is 0. The second-order valence-electron chi connectivity index (χ2n) is 3.07. The molecule has 0 fully saturated rings. The van der Waals surface area contributed by atoms with Crippen molar-refractivity contribution in [3.05, 3.63) is 24.3 Å². The number of hydrogen-bond acceptors (Lipinski definition) is 6. The molecule has 0 aliphatic heterocycles. The highest BCUT2D eigenvalue weighted by Crippen LogP contribution is 1.81. The molecule has 0 aromatic rings. The maximum Gasteiger partial charge on any atom is 0.394 e. The van der Waals surface area contributed by atoms with Gasteiger partial charge in [-0.3, -0.25) is 9.11 Å². The molecule has 0 saturated carbocycles. The van der Waals surface area contributed by atoms with Crippen molar-refractivity contribution in [2.24, 2.45) is 0 Å². The lowest BCUT2D eigenvalue weighted by Crippen LogP contribution is -1.92. The lowest BCUT2D eigenvalue weighted by molar-refractivity contribution is -0.133. The van der Waals surface area contributed by atoms with Crippen molar-refractivity contribution in [2.45, 2.75) is 13.8 Å². The van der Waals surface area contributed by atoms with Crippen LogP contribution in [0.15, 0.2) is 24.3 Å². The SMILES string of the molecule is C=C(C)C(=O)O.C=C(C)C(=O)O.O=S(=O)(O)O.OCCO. The van der Waals surface area contributed by atoms with Gasteiger partial charge in [0.1, 0.15) is 0 Å². The molecule has 0 unspecified atom stereocenters. The molecule has 0 aromatic heterocycles. The first-order chi connectivity index (χ1) is 9.20. The first-order valence-corrected chi connectivity index (χ1v) is 6.29. The van der Waals surface area contributed by atoms with Gasteiger partial charge in [-0.1, -0.05) is 13.2 Å². The minimum atomic E-state index is -4.67. The van der Waals surface area contributed by atoms with Gasteiger partial charge < -0.3 is 20.4 Å². The van der Waals surface area contributed by atoms with Gasteiger partial charge in [-0.15, -0.1) is 0 Å². The highest BCUT2D eigenvalue weighted by Gasteiger charge is 1.90. The van der Waals surface area contributed by atoms with E-state index in [-0.39, 0.29) is 24.4 Å². The van der Waals surface area contributed by atoms with Crippen LogP contribution in [-0.2, 0) is 20.0 Å². The lowest BCUT2D eigenvalue weighted by Gasteiger charge is -1.79. The molecular weight excluding hydrogens is 312 g/mol. The van der Waals surface area contributed by atoms with Gasteiger partial charge in [-0.2, -0.15) is 8.42 Å². The first-order valence-electron chi connectivity index (χ1n) is 4.89. The Kier molecular flexibility index (Phi) is 21.3. The molecule has 11 heteroatoms. The third-order valence-electron chi connectivity index (χ3n) is 0.830. The molecule has 0 aliphatic rings. The summed E-state index contributed by atoms with van der Waals surface area (Å²) in [4.78, 5) is 19.2. The number of aliphatic hydroxyl groups excluding tert-OH is 2. The fourth-order valence-corrected chi connectivity index (χ4v) is 0. The molecule has 10 nitrogen and oxygen atoms in total. The van der Waals surface area contributed by atoms with E-state index in [0.29, 0.717) is 0 Å². The van der Waals surface area contributed by atoms with E-state index >= 15 is 0 Å². The highest BCUT2D eigenvalue weighted by atomic mass is 32.3. The zero-order valence-corrected chi connectivity index (χ0v) is 12.4. The predicted molar refractivity (Wildman–Crippen MR) is 73.2 cm³/mol. The van der Waals surface area contributed by atoms with Gasteiger partial charge in [0.25, 0.3) is 0 Å². The van der Waals surface area contributed by atoms with Crippen LogP contribution in [0.3, 0.4) is 0 Å². The van der Waals surface area contributed by atoms with Crippen molar-refractivity contribution in [2.75, 3.05) is 13.2 Å².